The molecule has 0 saturated carbocycles. The summed E-state index contributed by atoms with van der Waals surface area (Å²) in [6, 6.07) is 12.2. The van der Waals surface area contributed by atoms with Crippen molar-refractivity contribution in [1.29, 1.82) is 0 Å². The maximum absolute atomic E-state index is 14.1. The fourth-order valence-corrected chi connectivity index (χ4v) is 3.67. The Morgan fingerprint density at radius 3 is 2.57 bits per heavy atom. The first-order valence-electron chi connectivity index (χ1n) is 11.3. The second-order valence-corrected chi connectivity index (χ2v) is 8.06. The Morgan fingerprint density at radius 2 is 1.91 bits per heavy atom. The number of hydrogen-bond acceptors (Lipinski definition) is 4. The van der Waals surface area contributed by atoms with E-state index >= 15 is 0 Å². The number of carbonyl (C=O) groups is 3. The van der Waals surface area contributed by atoms with Crippen molar-refractivity contribution < 1.29 is 23.2 Å². The number of urea groups is 1. The van der Waals surface area contributed by atoms with E-state index in [1.807, 2.05) is 30.3 Å². The average molecular weight is 486 g/mol. The Morgan fingerprint density at radius 1 is 1.17 bits per heavy atom. The molecule has 8 nitrogen and oxygen atoms in total. The molecule has 0 unspecified atom stereocenters. The Balaban J connectivity index is 1.67. The van der Waals surface area contributed by atoms with E-state index in [1.165, 1.54) is 20.9 Å². The zero-order chi connectivity index (χ0) is 25.4. The highest BCUT2D eigenvalue weighted by Gasteiger charge is 2.34. The van der Waals surface area contributed by atoms with Crippen LogP contribution >= 0.6 is 0 Å². The second-order valence-electron chi connectivity index (χ2n) is 8.06. The number of halogens is 2. The van der Waals surface area contributed by atoms with Gasteiger partial charge in [0.15, 0.2) is 0 Å². The van der Waals surface area contributed by atoms with Crippen molar-refractivity contribution in [3.8, 4) is 0 Å². The molecule has 1 aliphatic rings. The molecule has 1 heterocycles. The predicted octanol–water partition coefficient (Wildman–Crippen LogP) is 2.73. The van der Waals surface area contributed by atoms with Gasteiger partial charge in [0.1, 0.15) is 24.8 Å². The van der Waals surface area contributed by atoms with Gasteiger partial charge in [-0.2, -0.15) is 0 Å². The van der Waals surface area contributed by atoms with Crippen molar-refractivity contribution in [3.05, 3.63) is 83.9 Å². The van der Waals surface area contributed by atoms with Gasteiger partial charge in [0, 0.05) is 37.8 Å². The average Bonchev–Trinajstić information content (AvgIpc) is 2.84. The van der Waals surface area contributed by atoms with Crippen molar-refractivity contribution in [2.75, 3.05) is 32.8 Å². The Labute approximate surface area is 203 Å². The van der Waals surface area contributed by atoms with Crippen molar-refractivity contribution in [3.63, 3.8) is 0 Å². The number of nitrogens with zero attached hydrogens (tertiary/aromatic N) is 4. The Hall–Kier alpha value is -3.79. The molecule has 0 atom stereocenters. The van der Waals surface area contributed by atoms with Crippen LogP contribution in [0.25, 0.3) is 0 Å². The van der Waals surface area contributed by atoms with Crippen LogP contribution in [0.5, 0.6) is 0 Å². The predicted molar refractivity (Wildman–Crippen MR) is 126 cm³/mol. The van der Waals surface area contributed by atoms with Crippen molar-refractivity contribution in [2.24, 2.45) is 0 Å². The first kappa shape index (κ1) is 25.8. The van der Waals surface area contributed by atoms with Crippen molar-refractivity contribution in [2.45, 2.75) is 20.0 Å². The van der Waals surface area contributed by atoms with E-state index in [0.29, 0.717) is 6.54 Å². The number of nitrogens with one attached hydrogen (secondary N) is 1. The quantitative estimate of drug-likeness (QED) is 0.555. The molecule has 3 rings (SSSR count). The molecule has 1 aliphatic heterocycles. The van der Waals surface area contributed by atoms with Gasteiger partial charge in [0.05, 0.1) is 6.54 Å². The zero-order valence-electron chi connectivity index (χ0n) is 19.6. The number of hydrogen-bond donors (Lipinski definition) is 1. The topological polar surface area (TPSA) is 76.2 Å². The Kier molecular flexibility index (Phi) is 8.91. The van der Waals surface area contributed by atoms with E-state index in [4.69, 9.17) is 0 Å². The van der Waals surface area contributed by atoms with Gasteiger partial charge < -0.3 is 15.1 Å². The van der Waals surface area contributed by atoms with Gasteiger partial charge >= 0.3 is 6.03 Å². The van der Waals surface area contributed by atoms with E-state index in [9.17, 15) is 23.2 Å². The summed E-state index contributed by atoms with van der Waals surface area (Å²) in [6.45, 7) is 5.69. The third-order valence-corrected chi connectivity index (χ3v) is 5.61. The van der Waals surface area contributed by atoms with Crippen LogP contribution in [0.4, 0.5) is 13.6 Å². The smallest absolute Gasteiger partial charge is 0.333 e. The van der Waals surface area contributed by atoms with Crippen LogP contribution < -0.4 is 5.32 Å². The number of rotatable bonds is 9. The highest BCUT2D eigenvalue weighted by Crippen LogP contribution is 2.15. The van der Waals surface area contributed by atoms with Crippen molar-refractivity contribution in [1.82, 2.24) is 25.1 Å². The molecule has 0 spiro atoms. The van der Waals surface area contributed by atoms with Gasteiger partial charge in [-0.15, -0.1) is 6.58 Å². The van der Waals surface area contributed by atoms with Crippen LogP contribution in [-0.4, -0.2) is 70.5 Å². The maximum atomic E-state index is 14.1. The Bertz CT molecular complexity index is 1070. The van der Waals surface area contributed by atoms with E-state index in [0.717, 1.165) is 17.7 Å². The van der Waals surface area contributed by atoms with Crippen LogP contribution in [0.2, 0.25) is 0 Å². The van der Waals surface area contributed by atoms with Gasteiger partial charge in [-0.05, 0) is 18.6 Å². The standard InChI is InChI=1S/C25H29F2N5O3/c1-3-12-31-17-24(34)30(18-32(31)25(35)28-14-19-8-6-5-7-9-19)16-23(33)29(4-2)15-20-10-11-21(26)13-22(20)27/h3,5-11,13H,1,4,12,14-18H2,2H3,(H,28,35). The highest BCUT2D eigenvalue weighted by molar-refractivity contribution is 5.87. The zero-order valence-corrected chi connectivity index (χ0v) is 19.6. The molecular weight excluding hydrogens is 456 g/mol. The third kappa shape index (κ3) is 6.86. The van der Waals surface area contributed by atoms with Crippen LogP contribution in [0.1, 0.15) is 18.1 Å². The summed E-state index contributed by atoms with van der Waals surface area (Å²) in [6.07, 6.45) is 1.58. The number of hydrazine groups is 1. The largest absolute Gasteiger partial charge is 0.337 e. The number of carbonyl (C=O) groups excluding carboxylic acids is 3. The van der Waals surface area contributed by atoms with Crippen LogP contribution in [0, 0.1) is 11.6 Å². The SMILES string of the molecule is C=CCN1CC(=O)N(CC(=O)N(CC)Cc2ccc(F)cc2F)CN1C(=O)NCc1ccccc1. The monoisotopic (exact) mass is 485 g/mol. The molecule has 1 N–H and O–H groups in total. The molecule has 0 bridgehead atoms. The van der Waals surface area contributed by atoms with Crippen molar-refractivity contribution >= 4 is 17.8 Å². The van der Waals surface area contributed by atoms with E-state index < -0.39 is 23.6 Å². The molecule has 2 aromatic rings. The van der Waals surface area contributed by atoms with Gasteiger partial charge in [-0.25, -0.2) is 23.6 Å². The number of amides is 4. The fourth-order valence-electron chi connectivity index (χ4n) is 3.67. The summed E-state index contributed by atoms with van der Waals surface area (Å²) in [7, 11) is 0. The lowest BCUT2D eigenvalue weighted by Crippen LogP contribution is -2.63. The molecule has 0 aromatic heterocycles. The molecule has 1 saturated heterocycles. The minimum atomic E-state index is -0.744. The summed E-state index contributed by atoms with van der Waals surface area (Å²) in [5.74, 6) is -2.18. The summed E-state index contributed by atoms with van der Waals surface area (Å²) in [5, 5.41) is 5.76. The molecule has 2 aromatic carbocycles. The highest BCUT2D eigenvalue weighted by atomic mass is 19.1. The third-order valence-electron chi connectivity index (χ3n) is 5.61. The molecule has 0 aliphatic carbocycles. The van der Waals surface area contributed by atoms with E-state index in [1.54, 1.807) is 18.0 Å². The van der Waals surface area contributed by atoms with E-state index in [-0.39, 0.29) is 50.9 Å². The summed E-state index contributed by atoms with van der Waals surface area (Å²) in [5.41, 5.74) is 1.09. The summed E-state index contributed by atoms with van der Waals surface area (Å²) < 4.78 is 27.3. The minimum absolute atomic E-state index is 0.0622. The van der Waals surface area contributed by atoms with Crippen LogP contribution in [-0.2, 0) is 22.7 Å². The van der Waals surface area contributed by atoms with Crippen LogP contribution in [0.3, 0.4) is 0 Å². The molecule has 1 fully saturated rings. The lowest BCUT2D eigenvalue weighted by molar-refractivity contribution is -0.156. The fraction of sp³-hybridized carbons (Fsp3) is 0.320. The number of benzene rings is 2. The molecule has 186 valence electrons. The van der Waals surface area contributed by atoms with Gasteiger partial charge in [0.2, 0.25) is 11.8 Å². The summed E-state index contributed by atoms with van der Waals surface area (Å²) in [4.78, 5) is 41.3. The number of likely N-dealkylation sites (N-methyl/N-ethyl adjacent to an activating group) is 1. The molecule has 0 radical (unpaired) electrons. The van der Waals surface area contributed by atoms with Crippen LogP contribution in [0.15, 0.2) is 61.2 Å². The summed E-state index contributed by atoms with van der Waals surface area (Å²) >= 11 is 0. The van der Waals surface area contributed by atoms with Gasteiger partial charge in [-0.1, -0.05) is 42.5 Å². The molecule has 4 amide bonds. The van der Waals surface area contributed by atoms with Gasteiger partial charge in [-0.3, -0.25) is 9.59 Å². The molecular formula is C25H29F2N5O3. The lowest BCUT2D eigenvalue weighted by atomic mass is 10.2. The first-order valence-corrected chi connectivity index (χ1v) is 11.3. The normalized spacial score (nSPS) is 14.1. The first-order chi connectivity index (χ1) is 16.8. The molecule has 35 heavy (non-hydrogen) atoms. The van der Waals surface area contributed by atoms with E-state index in [2.05, 4.69) is 11.9 Å². The lowest BCUT2D eigenvalue weighted by Gasteiger charge is -2.42. The van der Waals surface area contributed by atoms with Gasteiger partial charge in [0.25, 0.3) is 0 Å². The maximum Gasteiger partial charge on any atom is 0.333 e. The second kappa shape index (κ2) is 12.1. The minimum Gasteiger partial charge on any atom is -0.337 e. The molecule has 10 heteroatoms.